The molecule has 0 saturated carbocycles. The van der Waals surface area contributed by atoms with Crippen molar-refractivity contribution in [3.63, 3.8) is 0 Å². The van der Waals surface area contributed by atoms with E-state index in [1.807, 2.05) is 6.92 Å². The smallest absolute Gasteiger partial charge is 0.299 e. The Balaban J connectivity index is 3.37. The number of hydrogen-bond donors (Lipinski definition) is 0. The van der Waals surface area contributed by atoms with Crippen molar-refractivity contribution in [3.05, 3.63) is 27.9 Å². The van der Waals surface area contributed by atoms with E-state index >= 15 is 0 Å². The van der Waals surface area contributed by atoms with E-state index in [4.69, 9.17) is 0 Å². The topological polar surface area (TPSA) is 34.9 Å². The fraction of sp³-hybridized carbons (Fsp3) is 0.500. The minimum Gasteiger partial charge on any atom is -0.299 e. The van der Waals surface area contributed by atoms with Crippen molar-refractivity contribution in [2.45, 2.75) is 20.3 Å². The van der Waals surface area contributed by atoms with Gasteiger partial charge in [0.1, 0.15) is 0 Å². The summed E-state index contributed by atoms with van der Waals surface area (Å²) >= 11 is 0. The van der Waals surface area contributed by atoms with E-state index in [2.05, 4.69) is 11.9 Å². The zero-order valence-corrected chi connectivity index (χ0v) is 7.09. The highest BCUT2D eigenvalue weighted by atomic mass is 16.1. The lowest BCUT2D eigenvalue weighted by atomic mass is 10.2. The van der Waals surface area contributed by atoms with Crippen LogP contribution in [-0.2, 0) is 13.5 Å². The summed E-state index contributed by atoms with van der Waals surface area (Å²) in [5.41, 5.74) is 1.96. The number of aryl methyl sites for hydroxylation is 1. The molecule has 0 fully saturated rings. The van der Waals surface area contributed by atoms with Gasteiger partial charge in [0.2, 0.25) is 0 Å². The summed E-state index contributed by atoms with van der Waals surface area (Å²) in [6.45, 7) is 3.98. The van der Waals surface area contributed by atoms with Crippen LogP contribution in [-0.4, -0.2) is 9.55 Å². The van der Waals surface area contributed by atoms with Gasteiger partial charge >= 0.3 is 5.69 Å². The molecule has 0 spiro atoms. The van der Waals surface area contributed by atoms with E-state index in [9.17, 15) is 4.79 Å². The Morgan fingerprint density at radius 2 is 2.27 bits per heavy atom. The molecular weight excluding hydrogens is 140 g/mol. The molecule has 0 atom stereocenters. The van der Waals surface area contributed by atoms with Crippen LogP contribution in [0.1, 0.15) is 18.2 Å². The highest BCUT2D eigenvalue weighted by Crippen LogP contribution is 2.01. The molecule has 60 valence electrons. The fourth-order valence-corrected chi connectivity index (χ4v) is 1.02. The largest absolute Gasteiger partial charge is 0.347 e. The summed E-state index contributed by atoms with van der Waals surface area (Å²) in [6.07, 6.45) is 2.57. The van der Waals surface area contributed by atoms with Gasteiger partial charge in [0, 0.05) is 18.9 Å². The Hall–Kier alpha value is -1.12. The van der Waals surface area contributed by atoms with Gasteiger partial charge in [-0.2, -0.15) is 0 Å². The normalized spacial score (nSPS) is 10.1. The first-order valence-electron chi connectivity index (χ1n) is 3.68. The molecular formula is C8H12N2O. The third-order valence-corrected chi connectivity index (χ3v) is 1.97. The minimum atomic E-state index is -0.181. The molecule has 0 amide bonds. The second-order valence-corrected chi connectivity index (χ2v) is 2.56. The fourth-order valence-electron chi connectivity index (χ4n) is 1.02. The van der Waals surface area contributed by atoms with Crippen LogP contribution in [0.5, 0.6) is 0 Å². The predicted octanol–water partition coefficient (Wildman–Crippen LogP) is 0.651. The molecule has 1 heterocycles. The van der Waals surface area contributed by atoms with Crippen molar-refractivity contribution in [3.8, 4) is 0 Å². The van der Waals surface area contributed by atoms with E-state index < -0.39 is 0 Å². The molecule has 3 nitrogen and oxygen atoms in total. The molecule has 3 heteroatoms. The van der Waals surface area contributed by atoms with Gasteiger partial charge in [0.25, 0.3) is 0 Å². The molecule has 11 heavy (non-hydrogen) atoms. The Bertz CT molecular complexity index is 314. The molecule has 0 bridgehead atoms. The van der Waals surface area contributed by atoms with Gasteiger partial charge in [0.15, 0.2) is 0 Å². The van der Waals surface area contributed by atoms with Crippen LogP contribution < -0.4 is 5.69 Å². The van der Waals surface area contributed by atoms with Crippen molar-refractivity contribution in [1.82, 2.24) is 9.55 Å². The first-order chi connectivity index (χ1) is 5.16. The first-order valence-corrected chi connectivity index (χ1v) is 3.68. The van der Waals surface area contributed by atoms with Crippen LogP contribution in [0.3, 0.4) is 0 Å². The van der Waals surface area contributed by atoms with Gasteiger partial charge in [-0.15, -0.1) is 0 Å². The first kappa shape index (κ1) is 7.98. The minimum absolute atomic E-state index is 0.181. The average Bonchev–Trinajstić information content (AvgIpc) is 2.01. The van der Waals surface area contributed by atoms with E-state index in [1.165, 1.54) is 0 Å². The zero-order chi connectivity index (χ0) is 8.43. The van der Waals surface area contributed by atoms with E-state index in [-0.39, 0.29) is 5.69 Å². The standard InChI is InChI=1S/C8H12N2O/c1-4-7-5-9-8(11)10(3)6(7)2/h5H,4H2,1-3H3. The van der Waals surface area contributed by atoms with Crippen molar-refractivity contribution in [2.24, 2.45) is 7.05 Å². The van der Waals surface area contributed by atoms with Crippen molar-refractivity contribution < 1.29 is 0 Å². The molecule has 1 rings (SSSR count). The van der Waals surface area contributed by atoms with Gasteiger partial charge in [-0.25, -0.2) is 9.78 Å². The zero-order valence-electron chi connectivity index (χ0n) is 7.09. The summed E-state index contributed by atoms with van der Waals surface area (Å²) in [6, 6.07) is 0. The second-order valence-electron chi connectivity index (χ2n) is 2.56. The lowest BCUT2D eigenvalue weighted by molar-refractivity contribution is 0.755. The van der Waals surface area contributed by atoms with Crippen LogP contribution in [0.15, 0.2) is 11.0 Å². The quantitative estimate of drug-likeness (QED) is 0.592. The monoisotopic (exact) mass is 152 g/mol. The third kappa shape index (κ3) is 1.31. The molecule has 0 radical (unpaired) electrons. The van der Waals surface area contributed by atoms with Crippen LogP contribution in [0.2, 0.25) is 0 Å². The molecule has 0 saturated heterocycles. The number of hydrogen-bond acceptors (Lipinski definition) is 2. The van der Waals surface area contributed by atoms with Gasteiger partial charge in [-0.3, -0.25) is 4.57 Å². The molecule has 0 N–H and O–H groups in total. The van der Waals surface area contributed by atoms with Gasteiger partial charge in [-0.1, -0.05) is 6.92 Å². The Kier molecular flexibility index (Phi) is 2.08. The summed E-state index contributed by atoms with van der Waals surface area (Å²) < 4.78 is 1.57. The van der Waals surface area contributed by atoms with Crippen LogP contribution >= 0.6 is 0 Å². The van der Waals surface area contributed by atoms with Crippen LogP contribution in [0, 0.1) is 6.92 Å². The SMILES string of the molecule is CCc1cnc(=O)n(C)c1C. The maximum Gasteiger partial charge on any atom is 0.347 e. The van der Waals surface area contributed by atoms with Crippen molar-refractivity contribution in [1.29, 1.82) is 0 Å². The highest BCUT2D eigenvalue weighted by Gasteiger charge is 2.00. The Morgan fingerprint density at radius 3 is 2.82 bits per heavy atom. The Labute approximate surface area is 65.7 Å². The second kappa shape index (κ2) is 2.86. The Morgan fingerprint density at radius 1 is 1.64 bits per heavy atom. The molecule has 0 aliphatic carbocycles. The molecule has 0 aromatic carbocycles. The highest BCUT2D eigenvalue weighted by molar-refractivity contribution is 5.14. The molecule has 1 aromatic heterocycles. The number of aromatic nitrogens is 2. The number of nitrogens with zero attached hydrogens (tertiary/aromatic N) is 2. The average molecular weight is 152 g/mol. The van der Waals surface area contributed by atoms with E-state index in [0.717, 1.165) is 17.7 Å². The van der Waals surface area contributed by atoms with Crippen molar-refractivity contribution >= 4 is 0 Å². The van der Waals surface area contributed by atoms with Gasteiger partial charge < -0.3 is 0 Å². The predicted molar refractivity (Wildman–Crippen MR) is 43.6 cm³/mol. The third-order valence-electron chi connectivity index (χ3n) is 1.97. The van der Waals surface area contributed by atoms with E-state index in [0.29, 0.717) is 0 Å². The maximum absolute atomic E-state index is 11.0. The lowest BCUT2D eigenvalue weighted by Crippen LogP contribution is -2.22. The van der Waals surface area contributed by atoms with Crippen LogP contribution in [0.25, 0.3) is 0 Å². The maximum atomic E-state index is 11.0. The van der Waals surface area contributed by atoms with Gasteiger partial charge in [-0.05, 0) is 18.9 Å². The van der Waals surface area contributed by atoms with Crippen molar-refractivity contribution in [2.75, 3.05) is 0 Å². The van der Waals surface area contributed by atoms with Gasteiger partial charge in [0.05, 0.1) is 0 Å². The summed E-state index contributed by atoms with van der Waals surface area (Å²) in [7, 11) is 1.74. The lowest BCUT2D eigenvalue weighted by Gasteiger charge is -2.05. The van der Waals surface area contributed by atoms with E-state index in [1.54, 1.807) is 17.8 Å². The molecule has 0 unspecified atom stereocenters. The summed E-state index contributed by atoms with van der Waals surface area (Å²) in [5.74, 6) is 0. The summed E-state index contributed by atoms with van der Waals surface area (Å²) in [5, 5.41) is 0. The number of rotatable bonds is 1. The molecule has 1 aromatic rings. The molecule has 0 aliphatic heterocycles. The van der Waals surface area contributed by atoms with Crippen LogP contribution in [0.4, 0.5) is 0 Å². The summed E-state index contributed by atoms with van der Waals surface area (Å²) in [4.78, 5) is 14.7. The molecule has 0 aliphatic rings.